The van der Waals surface area contributed by atoms with Crippen LogP contribution in [0.25, 0.3) is 5.69 Å². The van der Waals surface area contributed by atoms with E-state index in [0.717, 1.165) is 22.6 Å². The van der Waals surface area contributed by atoms with Crippen LogP contribution >= 0.6 is 34.2 Å². The van der Waals surface area contributed by atoms with E-state index in [1.807, 2.05) is 0 Å². The van der Waals surface area contributed by atoms with E-state index in [0.29, 0.717) is 16.3 Å². The molecule has 1 aromatic heterocycles. The van der Waals surface area contributed by atoms with Crippen LogP contribution in [0.4, 0.5) is 5.69 Å². The Kier molecular flexibility index (Phi) is 6.25. The number of rotatable bonds is 4. The third-order valence-corrected chi connectivity index (χ3v) is 6.11. The number of aromatic nitrogens is 1. The van der Waals surface area contributed by atoms with Crippen LogP contribution in [0.5, 0.6) is 0 Å². The van der Waals surface area contributed by atoms with Crippen molar-refractivity contribution in [3.8, 4) is 5.69 Å². The van der Waals surface area contributed by atoms with Crippen LogP contribution in [-0.2, 0) is 4.74 Å². The lowest BCUT2D eigenvalue weighted by molar-refractivity contribution is 0.0601. The van der Waals surface area contributed by atoms with E-state index in [1.54, 1.807) is 24.4 Å². The number of methoxy groups -OCH3 is 1. The molecule has 28 heavy (non-hydrogen) atoms. The molecule has 0 fully saturated rings. The molecular formula is C22H20ClIN2O2. The molecule has 3 rings (SSSR count). The summed E-state index contributed by atoms with van der Waals surface area (Å²) in [4.78, 5) is 16.3. The van der Waals surface area contributed by atoms with Gasteiger partial charge in [0.15, 0.2) is 0 Å². The van der Waals surface area contributed by atoms with Crippen LogP contribution in [0, 0.1) is 24.3 Å². The summed E-state index contributed by atoms with van der Waals surface area (Å²) in [6.45, 7) is 6.24. The van der Waals surface area contributed by atoms with Gasteiger partial charge in [-0.3, -0.25) is 4.99 Å². The molecule has 144 valence electrons. The number of esters is 1. The van der Waals surface area contributed by atoms with Gasteiger partial charge in [-0.25, -0.2) is 4.79 Å². The maximum Gasteiger partial charge on any atom is 0.337 e. The van der Waals surface area contributed by atoms with E-state index in [4.69, 9.17) is 16.3 Å². The van der Waals surface area contributed by atoms with E-state index < -0.39 is 5.97 Å². The second kappa shape index (κ2) is 8.49. The molecule has 1 heterocycles. The fraction of sp³-hybridized carbons (Fsp3) is 0.182. The van der Waals surface area contributed by atoms with Crippen LogP contribution in [0.2, 0.25) is 5.02 Å². The van der Waals surface area contributed by atoms with Crippen molar-refractivity contribution in [2.24, 2.45) is 4.99 Å². The van der Waals surface area contributed by atoms with Gasteiger partial charge in [0.2, 0.25) is 0 Å². The van der Waals surface area contributed by atoms with Gasteiger partial charge >= 0.3 is 5.97 Å². The Morgan fingerprint density at radius 1 is 1.14 bits per heavy atom. The molecule has 6 heteroatoms. The maximum atomic E-state index is 11.7. The largest absolute Gasteiger partial charge is 0.465 e. The number of aliphatic imine (C=N–C) groups is 1. The van der Waals surface area contributed by atoms with Gasteiger partial charge in [0.25, 0.3) is 0 Å². The Balaban J connectivity index is 1.98. The molecule has 0 atom stereocenters. The second-order valence-corrected chi connectivity index (χ2v) is 8.08. The second-order valence-electron chi connectivity index (χ2n) is 6.51. The molecule has 0 bridgehead atoms. The normalized spacial score (nSPS) is 11.2. The van der Waals surface area contributed by atoms with Crippen molar-refractivity contribution in [1.29, 1.82) is 0 Å². The van der Waals surface area contributed by atoms with Crippen LogP contribution in [0.3, 0.4) is 0 Å². The molecule has 0 aliphatic heterocycles. The quantitative estimate of drug-likeness (QED) is 0.240. The molecule has 0 unspecified atom stereocenters. The number of aryl methyl sites for hydroxylation is 2. The lowest BCUT2D eigenvalue weighted by Crippen LogP contribution is -2.01. The van der Waals surface area contributed by atoms with Crippen molar-refractivity contribution in [3.63, 3.8) is 0 Å². The van der Waals surface area contributed by atoms with Crippen LogP contribution in [-0.4, -0.2) is 23.9 Å². The first-order valence-corrected chi connectivity index (χ1v) is 10.1. The average Bonchev–Trinajstić information content (AvgIpc) is 2.96. The Bertz CT molecular complexity index is 1090. The van der Waals surface area contributed by atoms with Gasteiger partial charge in [-0.15, -0.1) is 0 Å². The lowest BCUT2D eigenvalue weighted by Gasteiger charge is -2.11. The highest BCUT2D eigenvalue weighted by molar-refractivity contribution is 14.1. The minimum Gasteiger partial charge on any atom is -0.465 e. The van der Waals surface area contributed by atoms with Crippen molar-refractivity contribution >= 4 is 52.1 Å². The van der Waals surface area contributed by atoms with Gasteiger partial charge in [-0.05, 0) is 91.4 Å². The molecule has 2 aromatic carbocycles. The molecule has 0 aliphatic carbocycles. The van der Waals surface area contributed by atoms with Crippen LogP contribution < -0.4 is 0 Å². The Hall–Kier alpha value is -2.12. The van der Waals surface area contributed by atoms with E-state index >= 15 is 0 Å². The number of carbonyl (C=O) groups is 1. The summed E-state index contributed by atoms with van der Waals surface area (Å²) in [5.41, 5.74) is 6.51. The van der Waals surface area contributed by atoms with Crippen molar-refractivity contribution in [2.75, 3.05) is 7.11 Å². The van der Waals surface area contributed by atoms with Crippen molar-refractivity contribution in [2.45, 2.75) is 20.8 Å². The molecule has 0 saturated carbocycles. The number of ether oxygens (including phenoxy) is 1. The zero-order valence-corrected chi connectivity index (χ0v) is 19.0. The van der Waals surface area contributed by atoms with E-state index in [-0.39, 0.29) is 0 Å². The molecule has 0 amide bonds. The standard InChI is InChI=1S/C22H20ClIN2O2/c1-13-9-18(6-8-20(13)24)26-14(2)10-17(15(26)3)12-25-21-11-16(22(27)28-4)5-7-19(21)23/h5-12H,1-4H3. The SMILES string of the molecule is COC(=O)c1ccc(Cl)c(N=Cc2cc(C)n(-c3ccc(I)c(C)c3)c2C)c1. The molecule has 0 aliphatic rings. The zero-order valence-electron chi connectivity index (χ0n) is 16.1. The molecule has 0 radical (unpaired) electrons. The summed E-state index contributed by atoms with van der Waals surface area (Å²) in [5.74, 6) is -0.416. The molecule has 3 aromatic rings. The molecule has 0 spiro atoms. The van der Waals surface area contributed by atoms with E-state index in [2.05, 4.69) is 77.2 Å². The Morgan fingerprint density at radius 2 is 1.89 bits per heavy atom. The fourth-order valence-corrected chi connectivity index (χ4v) is 3.58. The predicted molar refractivity (Wildman–Crippen MR) is 123 cm³/mol. The minimum absolute atomic E-state index is 0.416. The Morgan fingerprint density at radius 3 is 2.57 bits per heavy atom. The first-order valence-electron chi connectivity index (χ1n) is 8.69. The van der Waals surface area contributed by atoms with Gasteiger partial charge in [0.05, 0.1) is 23.4 Å². The van der Waals surface area contributed by atoms with Gasteiger partial charge in [-0.1, -0.05) is 11.6 Å². The highest BCUT2D eigenvalue weighted by Gasteiger charge is 2.11. The highest BCUT2D eigenvalue weighted by atomic mass is 127. The van der Waals surface area contributed by atoms with Crippen molar-refractivity contribution in [1.82, 2.24) is 4.57 Å². The summed E-state index contributed by atoms with van der Waals surface area (Å²) in [5, 5.41) is 0.478. The van der Waals surface area contributed by atoms with Gasteiger partial charge < -0.3 is 9.30 Å². The van der Waals surface area contributed by atoms with E-state index in [9.17, 15) is 4.79 Å². The van der Waals surface area contributed by atoms with Gasteiger partial charge in [0, 0.05) is 32.4 Å². The molecular weight excluding hydrogens is 487 g/mol. The van der Waals surface area contributed by atoms with Gasteiger partial charge in [0.1, 0.15) is 0 Å². The first kappa shape index (κ1) is 20.6. The molecule has 4 nitrogen and oxygen atoms in total. The first-order chi connectivity index (χ1) is 13.3. The third kappa shape index (κ3) is 4.15. The summed E-state index contributed by atoms with van der Waals surface area (Å²) in [6, 6.07) is 13.4. The predicted octanol–water partition coefficient (Wildman–Crippen LogP) is 6.20. The maximum absolute atomic E-state index is 11.7. The topological polar surface area (TPSA) is 43.6 Å². The number of hydrogen-bond donors (Lipinski definition) is 0. The van der Waals surface area contributed by atoms with Crippen LogP contribution in [0.15, 0.2) is 47.5 Å². The zero-order chi connectivity index (χ0) is 20.4. The number of benzene rings is 2. The van der Waals surface area contributed by atoms with Crippen molar-refractivity contribution < 1.29 is 9.53 Å². The van der Waals surface area contributed by atoms with Crippen molar-refractivity contribution in [3.05, 3.63) is 79.1 Å². The monoisotopic (exact) mass is 506 g/mol. The lowest BCUT2D eigenvalue weighted by atomic mass is 10.2. The summed E-state index contributed by atoms with van der Waals surface area (Å²) >= 11 is 8.58. The number of carbonyl (C=O) groups excluding carboxylic acids is 1. The molecule has 0 saturated heterocycles. The van der Waals surface area contributed by atoms with E-state index in [1.165, 1.54) is 16.2 Å². The minimum atomic E-state index is -0.416. The number of nitrogens with zero attached hydrogens (tertiary/aromatic N) is 2. The average molecular weight is 507 g/mol. The van der Waals surface area contributed by atoms with Crippen LogP contribution in [0.1, 0.15) is 32.9 Å². The smallest absolute Gasteiger partial charge is 0.337 e. The highest BCUT2D eigenvalue weighted by Crippen LogP contribution is 2.27. The third-order valence-electron chi connectivity index (χ3n) is 4.58. The summed E-state index contributed by atoms with van der Waals surface area (Å²) in [6.07, 6.45) is 1.78. The summed E-state index contributed by atoms with van der Waals surface area (Å²) in [7, 11) is 1.35. The van der Waals surface area contributed by atoms with Gasteiger partial charge in [-0.2, -0.15) is 0 Å². The summed E-state index contributed by atoms with van der Waals surface area (Å²) < 4.78 is 8.21. The molecule has 0 N–H and O–H groups in total. The Labute approximate surface area is 183 Å². The number of hydrogen-bond acceptors (Lipinski definition) is 3. The fourth-order valence-electron chi connectivity index (χ4n) is 3.08. The number of halogens is 2.